The van der Waals surface area contributed by atoms with Crippen molar-refractivity contribution >= 4 is 5.91 Å². The average molecular weight is 280 g/mol. The van der Waals surface area contributed by atoms with E-state index in [1.165, 1.54) is 0 Å². The number of carbonyl (C=O) groups excluding carboxylic acids is 1. The Morgan fingerprint density at radius 3 is 2.95 bits per heavy atom. The predicted octanol–water partition coefficient (Wildman–Crippen LogP) is 0.402. The second-order valence-electron chi connectivity index (χ2n) is 5.66. The number of ether oxygens (including phenoxy) is 1. The van der Waals surface area contributed by atoms with Gasteiger partial charge in [0.25, 0.3) is 0 Å². The van der Waals surface area contributed by atoms with Crippen LogP contribution in [0.3, 0.4) is 0 Å². The summed E-state index contributed by atoms with van der Waals surface area (Å²) in [6.07, 6.45) is 3.80. The van der Waals surface area contributed by atoms with Gasteiger partial charge in [0.15, 0.2) is 0 Å². The fraction of sp³-hybridized carbons (Fsp3) is 0.714. The molecule has 0 radical (unpaired) electrons. The van der Waals surface area contributed by atoms with Gasteiger partial charge in [0.2, 0.25) is 5.91 Å². The molecular formula is C14H24N4O2. The fourth-order valence-corrected chi connectivity index (χ4v) is 2.32. The molecule has 20 heavy (non-hydrogen) atoms. The van der Waals surface area contributed by atoms with Crippen LogP contribution in [0, 0.1) is 12.8 Å². The molecule has 1 aromatic heterocycles. The highest BCUT2D eigenvalue weighted by atomic mass is 16.5. The molecule has 1 aliphatic heterocycles. The summed E-state index contributed by atoms with van der Waals surface area (Å²) in [5, 5.41) is 4.26. The highest BCUT2D eigenvalue weighted by Crippen LogP contribution is 2.13. The lowest BCUT2D eigenvalue weighted by Gasteiger charge is -2.35. The van der Waals surface area contributed by atoms with Gasteiger partial charge in [-0.05, 0) is 19.4 Å². The summed E-state index contributed by atoms with van der Waals surface area (Å²) in [6, 6.07) is -0.127. The lowest BCUT2D eigenvalue weighted by atomic mass is 10.0. The zero-order valence-electron chi connectivity index (χ0n) is 12.5. The first-order chi connectivity index (χ1) is 9.47. The molecule has 2 heterocycles. The minimum atomic E-state index is -0.152. The second kappa shape index (κ2) is 6.37. The molecule has 1 aromatic rings. The van der Waals surface area contributed by atoms with Gasteiger partial charge in [0, 0.05) is 25.3 Å². The van der Waals surface area contributed by atoms with Gasteiger partial charge in [-0.3, -0.25) is 9.48 Å². The Kier molecular flexibility index (Phi) is 4.77. The lowest BCUT2D eigenvalue weighted by molar-refractivity contribution is -0.143. The van der Waals surface area contributed by atoms with E-state index >= 15 is 0 Å². The van der Waals surface area contributed by atoms with Crippen LogP contribution in [0.4, 0.5) is 0 Å². The molecule has 1 fully saturated rings. The number of nitrogens with two attached hydrogens (primary N) is 1. The maximum absolute atomic E-state index is 12.3. The normalized spacial score (nSPS) is 22.6. The molecular weight excluding hydrogens is 256 g/mol. The van der Waals surface area contributed by atoms with Crippen LogP contribution in [0.2, 0.25) is 0 Å². The summed E-state index contributed by atoms with van der Waals surface area (Å²) in [5.74, 6) is -0.0364. The van der Waals surface area contributed by atoms with Crippen molar-refractivity contribution in [2.45, 2.75) is 39.5 Å². The SMILES string of the molecule is Cc1cnn(CC2CN(C(=O)C(C)C(C)N)CCO2)c1. The van der Waals surface area contributed by atoms with E-state index in [1.807, 2.05) is 42.7 Å². The monoisotopic (exact) mass is 280 g/mol. The van der Waals surface area contributed by atoms with E-state index < -0.39 is 0 Å². The third-order valence-corrected chi connectivity index (χ3v) is 3.78. The van der Waals surface area contributed by atoms with Crippen molar-refractivity contribution < 1.29 is 9.53 Å². The summed E-state index contributed by atoms with van der Waals surface area (Å²) < 4.78 is 7.59. The molecule has 0 aromatic carbocycles. The Labute approximate surface area is 119 Å². The van der Waals surface area contributed by atoms with E-state index in [-0.39, 0.29) is 24.0 Å². The van der Waals surface area contributed by atoms with Crippen molar-refractivity contribution in [3.05, 3.63) is 18.0 Å². The summed E-state index contributed by atoms with van der Waals surface area (Å²) in [7, 11) is 0. The zero-order valence-corrected chi connectivity index (χ0v) is 12.5. The molecule has 112 valence electrons. The van der Waals surface area contributed by atoms with Crippen molar-refractivity contribution in [1.82, 2.24) is 14.7 Å². The maximum Gasteiger partial charge on any atom is 0.227 e. The Hall–Kier alpha value is -1.40. The third kappa shape index (κ3) is 3.58. The number of aromatic nitrogens is 2. The molecule has 0 bridgehead atoms. The highest BCUT2D eigenvalue weighted by Gasteiger charge is 2.28. The summed E-state index contributed by atoms with van der Waals surface area (Å²) in [5.41, 5.74) is 6.94. The van der Waals surface area contributed by atoms with E-state index in [1.54, 1.807) is 0 Å². The first-order valence-corrected chi connectivity index (χ1v) is 7.12. The third-order valence-electron chi connectivity index (χ3n) is 3.78. The molecule has 6 heteroatoms. The highest BCUT2D eigenvalue weighted by molar-refractivity contribution is 5.79. The predicted molar refractivity (Wildman–Crippen MR) is 76.1 cm³/mol. The molecule has 1 saturated heterocycles. The molecule has 1 amide bonds. The maximum atomic E-state index is 12.3. The van der Waals surface area contributed by atoms with Crippen molar-refractivity contribution in [1.29, 1.82) is 0 Å². The van der Waals surface area contributed by atoms with Crippen LogP contribution < -0.4 is 5.73 Å². The van der Waals surface area contributed by atoms with Crippen LogP contribution in [0.25, 0.3) is 0 Å². The van der Waals surface area contributed by atoms with Gasteiger partial charge < -0.3 is 15.4 Å². The Balaban J connectivity index is 1.93. The van der Waals surface area contributed by atoms with E-state index in [0.29, 0.717) is 26.2 Å². The van der Waals surface area contributed by atoms with E-state index in [0.717, 1.165) is 5.56 Å². The largest absolute Gasteiger partial charge is 0.373 e. The van der Waals surface area contributed by atoms with Crippen LogP contribution in [0.1, 0.15) is 19.4 Å². The molecule has 2 N–H and O–H groups in total. The van der Waals surface area contributed by atoms with Crippen LogP contribution >= 0.6 is 0 Å². The molecule has 3 atom stereocenters. The standard InChI is InChI=1S/C14H24N4O2/c1-10-6-16-18(7-10)9-13-8-17(4-5-20-13)14(19)11(2)12(3)15/h6-7,11-13H,4-5,8-9,15H2,1-3H3. The van der Waals surface area contributed by atoms with Gasteiger partial charge in [0.05, 0.1) is 31.4 Å². The first-order valence-electron chi connectivity index (χ1n) is 7.12. The van der Waals surface area contributed by atoms with E-state index in [4.69, 9.17) is 10.5 Å². The molecule has 0 aliphatic carbocycles. The van der Waals surface area contributed by atoms with Gasteiger partial charge in [-0.15, -0.1) is 0 Å². The summed E-state index contributed by atoms with van der Waals surface area (Å²) >= 11 is 0. The fourth-order valence-electron chi connectivity index (χ4n) is 2.32. The molecule has 2 rings (SSSR count). The van der Waals surface area contributed by atoms with Gasteiger partial charge in [-0.1, -0.05) is 6.92 Å². The van der Waals surface area contributed by atoms with Crippen molar-refractivity contribution in [2.75, 3.05) is 19.7 Å². The summed E-state index contributed by atoms with van der Waals surface area (Å²) in [6.45, 7) is 8.25. The molecule has 6 nitrogen and oxygen atoms in total. The minimum Gasteiger partial charge on any atom is -0.373 e. The number of hydrogen-bond acceptors (Lipinski definition) is 4. The summed E-state index contributed by atoms with van der Waals surface area (Å²) in [4.78, 5) is 14.2. The Bertz CT molecular complexity index is 458. The van der Waals surface area contributed by atoms with Crippen LogP contribution in [-0.4, -0.2) is 52.4 Å². The van der Waals surface area contributed by atoms with Gasteiger partial charge >= 0.3 is 0 Å². The number of hydrogen-bond donors (Lipinski definition) is 1. The van der Waals surface area contributed by atoms with E-state index in [2.05, 4.69) is 5.10 Å². The minimum absolute atomic E-state index is 0.00715. The molecule has 0 spiro atoms. The van der Waals surface area contributed by atoms with Crippen molar-refractivity contribution in [2.24, 2.45) is 11.7 Å². The molecule has 1 aliphatic rings. The number of nitrogens with zero attached hydrogens (tertiary/aromatic N) is 3. The van der Waals surface area contributed by atoms with Gasteiger partial charge in [0.1, 0.15) is 0 Å². The zero-order chi connectivity index (χ0) is 14.7. The number of amides is 1. The van der Waals surface area contributed by atoms with Crippen LogP contribution in [0.5, 0.6) is 0 Å². The molecule has 0 saturated carbocycles. The number of aryl methyl sites for hydroxylation is 1. The Morgan fingerprint density at radius 2 is 2.35 bits per heavy atom. The van der Waals surface area contributed by atoms with Crippen molar-refractivity contribution in [3.63, 3.8) is 0 Å². The van der Waals surface area contributed by atoms with Gasteiger partial charge in [-0.2, -0.15) is 5.10 Å². The van der Waals surface area contributed by atoms with Crippen LogP contribution in [0.15, 0.2) is 12.4 Å². The number of rotatable bonds is 4. The lowest BCUT2D eigenvalue weighted by Crippen LogP contribution is -2.50. The quantitative estimate of drug-likeness (QED) is 0.866. The first kappa shape index (κ1) is 15.0. The second-order valence-corrected chi connectivity index (χ2v) is 5.66. The van der Waals surface area contributed by atoms with Crippen molar-refractivity contribution in [3.8, 4) is 0 Å². The number of carbonyl (C=O) groups is 1. The van der Waals surface area contributed by atoms with E-state index in [9.17, 15) is 4.79 Å². The number of morpholine rings is 1. The molecule has 3 unspecified atom stereocenters. The van der Waals surface area contributed by atoms with Gasteiger partial charge in [-0.25, -0.2) is 0 Å². The Morgan fingerprint density at radius 1 is 1.60 bits per heavy atom. The van der Waals surface area contributed by atoms with Crippen LogP contribution in [-0.2, 0) is 16.1 Å². The topological polar surface area (TPSA) is 73.4 Å². The average Bonchev–Trinajstić information content (AvgIpc) is 2.82. The smallest absolute Gasteiger partial charge is 0.227 e.